The van der Waals surface area contributed by atoms with E-state index in [0.29, 0.717) is 11.6 Å². The molecule has 0 N–H and O–H groups in total. The Labute approximate surface area is 214 Å². The Bertz CT molecular complexity index is 1140. The van der Waals surface area contributed by atoms with Gasteiger partial charge in [-0.15, -0.1) is 0 Å². The number of benzene rings is 2. The number of hydrogen-bond donors (Lipinski definition) is 0. The highest BCUT2D eigenvalue weighted by molar-refractivity contribution is 6.30. The fourth-order valence-corrected chi connectivity index (χ4v) is 5.30. The first-order valence-electron chi connectivity index (χ1n) is 12.9. The summed E-state index contributed by atoms with van der Waals surface area (Å²) in [6.45, 7) is 12.0. The number of hydrogen-bond acceptors (Lipinski definition) is 3. The summed E-state index contributed by atoms with van der Waals surface area (Å²) >= 11 is 6.32. The molecule has 1 amide bonds. The van der Waals surface area contributed by atoms with Crippen molar-refractivity contribution in [1.29, 1.82) is 0 Å². The van der Waals surface area contributed by atoms with Gasteiger partial charge >= 0.3 is 0 Å². The lowest BCUT2D eigenvalue weighted by molar-refractivity contribution is -0.135. The molecule has 2 heterocycles. The lowest BCUT2D eigenvalue weighted by atomic mass is 9.94. The van der Waals surface area contributed by atoms with Crippen LogP contribution in [0, 0.1) is 0 Å². The van der Waals surface area contributed by atoms with E-state index in [-0.39, 0.29) is 17.9 Å². The lowest BCUT2D eigenvalue weighted by Crippen LogP contribution is -2.40. The van der Waals surface area contributed by atoms with Crippen LogP contribution in [0.1, 0.15) is 69.0 Å². The third-order valence-corrected chi connectivity index (χ3v) is 7.18. The molecule has 1 atom stereocenters. The van der Waals surface area contributed by atoms with Crippen molar-refractivity contribution in [2.75, 3.05) is 13.1 Å². The van der Waals surface area contributed by atoms with E-state index in [1.165, 1.54) is 11.3 Å². The van der Waals surface area contributed by atoms with Crippen molar-refractivity contribution in [3.63, 3.8) is 0 Å². The lowest BCUT2D eigenvalue weighted by Gasteiger charge is -2.31. The number of nitrogens with zero attached hydrogens (tertiary/aromatic N) is 4. The molecule has 2 aromatic carbocycles. The third-order valence-electron chi connectivity index (χ3n) is 6.95. The van der Waals surface area contributed by atoms with Gasteiger partial charge in [-0.2, -0.15) is 5.10 Å². The molecular formula is C29H37ClN4O. The van der Waals surface area contributed by atoms with Crippen LogP contribution in [0.3, 0.4) is 0 Å². The summed E-state index contributed by atoms with van der Waals surface area (Å²) in [7, 11) is 0. The van der Waals surface area contributed by atoms with Crippen LogP contribution in [-0.2, 0) is 24.3 Å². The van der Waals surface area contributed by atoms with E-state index >= 15 is 0 Å². The van der Waals surface area contributed by atoms with Crippen LogP contribution in [0.4, 0.5) is 0 Å². The van der Waals surface area contributed by atoms with Gasteiger partial charge in [-0.3, -0.25) is 9.69 Å². The van der Waals surface area contributed by atoms with Gasteiger partial charge in [0.1, 0.15) is 0 Å². The van der Waals surface area contributed by atoms with Gasteiger partial charge in [0.05, 0.1) is 29.5 Å². The minimum absolute atomic E-state index is 0.0718. The molecule has 1 unspecified atom stereocenters. The summed E-state index contributed by atoms with van der Waals surface area (Å²) < 4.78 is 2.05. The van der Waals surface area contributed by atoms with Crippen LogP contribution < -0.4 is 0 Å². The zero-order valence-electron chi connectivity index (χ0n) is 21.4. The van der Waals surface area contributed by atoms with E-state index in [2.05, 4.69) is 55.5 Å². The van der Waals surface area contributed by atoms with Crippen LogP contribution in [0.5, 0.6) is 0 Å². The Morgan fingerprint density at radius 3 is 2.54 bits per heavy atom. The molecule has 4 rings (SSSR count). The van der Waals surface area contributed by atoms with Gasteiger partial charge < -0.3 is 4.90 Å². The minimum Gasteiger partial charge on any atom is -0.334 e. The molecule has 0 aliphatic carbocycles. The number of halogens is 1. The van der Waals surface area contributed by atoms with Crippen molar-refractivity contribution in [1.82, 2.24) is 19.6 Å². The Morgan fingerprint density at radius 2 is 1.89 bits per heavy atom. The molecule has 1 aliphatic heterocycles. The zero-order valence-corrected chi connectivity index (χ0v) is 22.1. The predicted octanol–water partition coefficient (Wildman–Crippen LogP) is 6.22. The number of rotatable bonds is 9. The Hall–Kier alpha value is -2.63. The highest BCUT2D eigenvalue weighted by atomic mass is 35.5. The molecule has 1 aromatic heterocycles. The topological polar surface area (TPSA) is 41.4 Å². The first kappa shape index (κ1) is 25.5. The molecule has 186 valence electrons. The molecule has 6 heteroatoms. The van der Waals surface area contributed by atoms with Crippen LogP contribution in [0.15, 0.2) is 54.6 Å². The molecule has 0 spiro atoms. The summed E-state index contributed by atoms with van der Waals surface area (Å²) in [6, 6.07) is 18.1. The Morgan fingerprint density at radius 1 is 1.11 bits per heavy atom. The van der Waals surface area contributed by atoms with Gasteiger partial charge in [-0.1, -0.05) is 61.8 Å². The van der Waals surface area contributed by atoms with Crippen molar-refractivity contribution in [3.8, 4) is 5.69 Å². The van der Waals surface area contributed by atoms with Crippen LogP contribution >= 0.6 is 11.6 Å². The third kappa shape index (κ3) is 5.62. The zero-order chi connectivity index (χ0) is 24.9. The van der Waals surface area contributed by atoms with Gasteiger partial charge in [0, 0.05) is 36.1 Å². The van der Waals surface area contributed by atoms with E-state index in [1.807, 2.05) is 41.3 Å². The molecular weight excluding hydrogens is 456 g/mol. The largest absolute Gasteiger partial charge is 0.334 e. The van der Waals surface area contributed by atoms with E-state index in [0.717, 1.165) is 55.8 Å². The smallest absolute Gasteiger partial charge is 0.230 e. The number of carbonyl (C=O) groups is 1. The summed E-state index contributed by atoms with van der Waals surface area (Å²) in [5, 5.41) is 5.80. The second-order valence-electron chi connectivity index (χ2n) is 9.72. The van der Waals surface area contributed by atoms with E-state index in [1.54, 1.807) is 0 Å². The minimum atomic E-state index is -0.152. The van der Waals surface area contributed by atoms with Crippen LogP contribution in [-0.4, -0.2) is 44.6 Å². The molecule has 35 heavy (non-hydrogen) atoms. The monoisotopic (exact) mass is 492 g/mol. The van der Waals surface area contributed by atoms with Gasteiger partial charge in [-0.05, 0) is 57.0 Å². The predicted molar refractivity (Wildman–Crippen MR) is 143 cm³/mol. The van der Waals surface area contributed by atoms with Crippen molar-refractivity contribution in [3.05, 3.63) is 82.1 Å². The quantitative estimate of drug-likeness (QED) is 0.356. The number of carbonyl (C=O) groups excluding carboxylic acids is 1. The first-order chi connectivity index (χ1) is 16.9. The molecule has 0 fully saturated rings. The molecule has 0 saturated carbocycles. The average Bonchev–Trinajstić information content (AvgIpc) is 3.21. The van der Waals surface area contributed by atoms with E-state index < -0.39 is 0 Å². The number of fused-ring (bicyclic) bond motifs is 1. The fraction of sp³-hybridized carbons (Fsp3) is 0.448. The van der Waals surface area contributed by atoms with Gasteiger partial charge in [0.15, 0.2) is 0 Å². The van der Waals surface area contributed by atoms with Gasteiger partial charge in [-0.25, -0.2) is 4.68 Å². The van der Waals surface area contributed by atoms with Crippen molar-refractivity contribution >= 4 is 17.5 Å². The second kappa shape index (κ2) is 11.4. The standard InChI is InChI=1S/C29H37ClN4O/c1-5-16-32-17-15-28-26(19-32)27(31-34(28)24-14-10-13-23(30)18-24)20-33(21(3)4)29(35)25(6-2)22-11-8-7-9-12-22/h7-14,18,21,25H,5-6,15-17,19-20H2,1-4H3. The highest BCUT2D eigenvalue weighted by Crippen LogP contribution is 2.30. The molecule has 5 nitrogen and oxygen atoms in total. The van der Waals surface area contributed by atoms with Crippen LogP contribution in [0.2, 0.25) is 5.02 Å². The normalized spacial score (nSPS) is 14.7. The van der Waals surface area contributed by atoms with Gasteiger partial charge in [0.25, 0.3) is 0 Å². The van der Waals surface area contributed by atoms with Crippen LogP contribution in [0.25, 0.3) is 5.69 Å². The Kier molecular flexibility index (Phi) is 8.30. The summed E-state index contributed by atoms with van der Waals surface area (Å²) in [5.41, 5.74) is 5.54. The maximum atomic E-state index is 13.8. The molecule has 1 aliphatic rings. The maximum Gasteiger partial charge on any atom is 0.230 e. The second-order valence-corrected chi connectivity index (χ2v) is 10.2. The summed E-state index contributed by atoms with van der Waals surface area (Å²) in [4.78, 5) is 18.3. The van der Waals surface area contributed by atoms with Crippen molar-refractivity contribution in [2.24, 2.45) is 0 Å². The summed E-state index contributed by atoms with van der Waals surface area (Å²) in [5.74, 6) is 0.0158. The van der Waals surface area contributed by atoms with E-state index in [4.69, 9.17) is 16.7 Å². The molecule has 0 radical (unpaired) electrons. The molecule has 0 saturated heterocycles. The number of amides is 1. The maximum absolute atomic E-state index is 13.8. The molecule has 0 bridgehead atoms. The highest BCUT2D eigenvalue weighted by Gasteiger charge is 2.31. The average molecular weight is 493 g/mol. The summed E-state index contributed by atoms with van der Waals surface area (Å²) in [6.07, 6.45) is 2.83. The van der Waals surface area contributed by atoms with Gasteiger partial charge in [0.2, 0.25) is 5.91 Å². The van der Waals surface area contributed by atoms with Crippen molar-refractivity contribution in [2.45, 2.75) is 72.0 Å². The van der Waals surface area contributed by atoms with E-state index in [9.17, 15) is 4.79 Å². The number of aromatic nitrogens is 2. The first-order valence-corrected chi connectivity index (χ1v) is 13.2. The molecule has 3 aromatic rings. The fourth-order valence-electron chi connectivity index (χ4n) is 5.11. The Balaban J connectivity index is 1.71. The van der Waals surface area contributed by atoms with Crippen molar-refractivity contribution < 1.29 is 4.79 Å². The SMILES string of the molecule is CCCN1CCc2c(c(CN(C(=O)C(CC)c3ccccc3)C(C)C)nn2-c2cccc(Cl)c2)C1.